The number of rotatable bonds is 4. The minimum atomic E-state index is -0.168. The predicted molar refractivity (Wildman–Crippen MR) is 105 cm³/mol. The van der Waals surface area contributed by atoms with Gasteiger partial charge in [0.2, 0.25) is 0 Å². The number of aromatic nitrogens is 1. The first-order chi connectivity index (χ1) is 12.7. The molecular formula is C20H21N3O2S. The monoisotopic (exact) mass is 367 g/mol. The third-order valence-corrected chi connectivity index (χ3v) is 5.80. The number of fused-ring (bicyclic) bond motifs is 1. The van der Waals surface area contributed by atoms with Crippen molar-refractivity contribution in [2.75, 3.05) is 13.1 Å². The second-order valence-corrected chi connectivity index (χ2v) is 7.71. The molecule has 0 aliphatic carbocycles. The maximum absolute atomic E-state index is 12.7. The van der Waals surface area contributed by atoms with E-state index in [0.717, 1.165) is 32.5 Å². The Morgan fingerprint density at radius 2 is 1.92 bits per heavy atom. The molecule has 1 aromatic carbocycles. The molecule has 1 amide bonds. The number of carbonyl (C=O) groups excluding carboxylic acids is 1. The highest BCUT2D eigenvalue weighted by Crippen LogP contribution is 2.18. The minimum Gasteiger partial charge on any atom is -0.349 e. The van der Waals surface area contributed by atoms with E-state index in [0.29, 0.717) is 16.3 Å². The summed E-state index contributed by atoms with van der Waals surface area (Å²) >= 11 is 1.79. The average Bonchev–Trinajstić information content (AvgIpc) is 3.17. The van der Waals surface area contributed by atoms with Gasteiger partial charge >= 0.3 is 0 Å². The van der Waals surface area contributed by atoms with Gasteiger partial charge in [-0.2, -0.15) is 0 Å². The average molecular weight is 367 g/mol. The van der Waals surface area contributed by atoms with Crippen molar-refractivity contribution in [3.63, 3.8) is 0 Å². The van der Waals surface area contributed by atoms with E-state index in [1.54, 1.807) is 17.4 Å². The van der Waals surface area contributed by atoms with Crippen LogP contribution in [-0.2, 0) is 6.54 Å². The molecule has 3 heterocycles. The Hall–Kier alpha value is -2.44. The van der Waals surface area contributed by atoms with Crippen LogP contribution >= 0.6 is 11.3 Å². The van der Waals surface area contributed by atoms with E-state index >= 15 is 0 Å². The molecule has 6 heteroatoms. The molecule has 1 saturated heterocycles. The third kappa shape index (κ3) is 3.57. The highest BCUT2D eigenvalue weighted by molar-refractivity contribution is 7.09. The summed E-state index contributed by atoms with van der Waals surface area (Å²) in [5.74, 6) is -0.117. The number of hydrogen-bond donors (Lipinski definition) is 2. The fraction of sp³-hybridized carbons (Fsp3) is 0.300. The van der Waals surface area contributed by atoms with Crippen molar-refractivity contribution < 1.29 is 4.79 Å². The third-order valence-electron chi connectivity index (χ3n) is 4.94. The SMILES string of the molecule is O=C(NC1CCN(Cc2cccs2)CC1)c1c[nH]c(=O)c2ccccc12. The van der Waals surface area contributed by atoms with Crippen molar-refractivity contribution in [3.8, 4) is 0 Å². The van der Waals surface area contributed by atoms with Crippen LogP contribution in [-0.4, -0.2) is 34.9 Å². The first-order valence-electron chi connectivity index (χ1n) is 8.87. The van der Waals surface area contributed by atoms with E-state index in [-0.39, 0.29) is 17.5 Å². The van der Waals surface area contributed by atoms with Crippen LogP contribution < -0.4 is 10.9 Å². The van der Waals surface area contributed by atoms with Gasteiger partial charge < -0.3 is 10.3 Å². The van der Waals surface area contributed by atoms with Crippen LogP contribution in [0.1, 0.15) is 28.1 Å². The highest BCUT2D eigenvalue weighted by atomic mass is 32.1. The van der Waals surface area contributed by atoms with Gasteiger partial charge in [-0.1, -0.05) is 24.3 Å². The van der Waals surface area contributed by atoms with Crippen molar-refractivity contribution in [1.29, 1.82) is 0 Å². The van der Waals surface area contributed by atoms with E-state index in [2.05, 4.69) is 32.7 Å². The lowest BCUT2D eigenvalue weighted by atomic mass is 10.0. The number of carbonyl (C=O) groups is 1. The van der Waals surface area contributed by atoms with Crippen molar-refractivity contribution >= 4 is 28.0 Å². The number of likely N-dealkylation sites (tertiary alicyclic amines) is 1. The molecule has 1 aliphatic heterocycles. The number of nitrogens with zero attached hydrogens (tertiary/aromatic N) is 1. The zero-order valence-electron chi connectivity index (χ0n) is 14.4. The van der Waals surface area contributed by atoms with Crippen molar-refractivity contribution in [1.82, 2.24) is 15.2 Å². The summed E-state index contributed by atoms with van der Waals surface area (Å²) in [5, 5.41) is 6.49. The first-order valence-corrected chi connectivity index (χ1v) is 9.75. The Balaban J connectivity index is 1.40. The van der Waals surface area contributed by atoms with Gasteiger partial charge in [-0.25, -0.2) is 0 Å². The summed E-state index contributed by atoms with van der Waals surface area (Å²) in [4.78, 5) is 31.1. The molecule has 0 unspecified atom stereocenters. The van der Waals surface area contributed by atoms with Crippen molar-refractivity contribution in [3.05, 3.63) is 68.8 Å². The van der Waals surface area contributed by atoms with Crippen LogP contribution in [0.15, 0.2) is 52.8 Å². The normalized spacial score (nSPS) is 16.0. The van der Waals surface area contributed by atoms with Gasteiger partial charge in [-0.3, -0.25) is 14.5 Å². The van der Waals surface area contributed by atoms with E-state index in [1.807, 2.05) is 18.2 Å². The summed E-state index contributed by atoms with van der Waals surface area (Å²) in [6.07, 6.45) is 3.41. The lowest BCUT2D eigenvalue weighted by molar-refractivity contribution is 0.0910. The van der Waals surface area contributed by atoms with E-state index in [9.17, 15) is 9.59 Å². The fourth-order valence-corrected chi connectivity index (χ4v) is 4.26. The first kappa shape index (κ1) is 17.0. The largest absolute Gasteiger partial charge is 0.349 e. The number of H-pyrrole nitrogens is 1. The molecule has 5 nitrogen and oxygen atoms in total. The van der Waals surface area contributed by atoms with Gasteiger partial charge in [0.15, 0.2) is 0 Å². The number of thiophene rings is 1. The summed E-state index contributed by atoms with van der Waals surface area (Å²) in [6, 6.07) is 11.6. The van der Waals surface area contributed by atoms with E-state index < -0.39 is 0 Å². The molecule has 1 fully saturated rings. The van der Waals surface area contributed by atoms with Crippen molar-refractivity contribution in [2.45, 2.75) is 25.4 Å². The van der Waals surface area contributed by atoms with Crippen molar-refractivity contribution in [2.24, 2.45) is 0 Å². The number of aromatic amines is 1. The zero-order valence-corrected chi connectivity index (χ0v) is 15.2. The van der Waals surface area contributed by atoms with Gasteiger partial charge in [0.25, 0.3) is 11.5 Å². The van der Waals surface area contributed by atoms with Crippen LogP contribution in [0.25, 0.3) is 10.8 Å². The topological polar surface area (TPSA) is 65.2 Å². The van der Waals surface area contributed by atoms with Gasteiger partial charge in [-0.15, -0.1) is 11.3 Å². The number of benzene rings is 1. The number of amides is 1. The van der Waals surface area contributed by atoms with Crippen LogP contribution in [0.5, 0.6) is 0 Å². The molecule has 0 radical (unpaired) electrons. The van der Waals surface area contributed by atoms with Gasteiger partial charge in [0, 0.05) is 47.5 Å². The van der Waals surface area contributed by atoms with E-state index in [1.165, 1.54) is 11.1 Å². The number of hydrogen-bond acceptors (Lipinski definition) is 4. The molecule has 2 aromatic heterocycles. The molecule has 134 valence electrons. The summed E-state index contributed by atoms with van der Waals surface area (Å²) in [5.41, 5.74) is 0.361. The van der Waals surface area contributed by atoms with Crippen LogP contribution in [0.4, 0.5) is 0 Å². The predicted octanol–water partition coefficient (Wildman–Crippen LogP) is 2.98. The van der Waals surface area contributed by atoms with E-state index in [4.69, 9.17) is 0 Å². The Morgan fingerprint density at radius 1 is 1.15 bits per heavy atom. The molecule has 0 atom stereocenters. The second-order valence-electron chi connectivity index (χ2n) is 6.68. The molecule has 1 aliphatic rings. The van der Waals surface area contributed by atoms with Crippen LogP contribution in [0, 0.1) is 0 Å². The van der Waals surface area contributed by atoms with Crippen LogP contribution in [0.2, 0.25) is 0 Å². The summed E-state index contributed by atoms with van der Waals surface area (Å²) in [7, 11) is 0. The second kappa shape index (κ2) is 7.43. The lowest BCUT2D eigenvalue weighted by Crippen LogP contribution is -2.44. The molecule has 2 N–H and O–H groups in total. The summed E-state index contributed by atoms with van der Waals surface area (Å²) < 4.78 is 0. The smallest absolute Gasteiger partial charge is 0.255 e. The molecule has 0 bridgehead atoms. The quantitative estimate of drug-likeness (QED) is 0.745. The molecular weight excluding hydrogens is 346 g/mol. The molecule has 3 aromatic rings. The molecule has 0 saturated carbocycles. The maximum Gasteiger partial charge on any atom is 0.255 e. The summed E-state index contributed by atoms with van der Waals surface area (Å²) in [6.45, 7) is 2.95. The molecule has 26 heavy (non-hydrogen) atoms. The lowest BCUT2D eigenvalue weighted by Gasteiger charge is -2.32. The Bertz CT molecular complexity index is 957. The number of piperidine rings is 1. The standard InChI is InChI=1S/C20H21N3O2S/c24-19-17-6-2-1-5-16(17)18(12-21-19)20(25)22-14-7-9-23(10-8-14)13-15-4-3-11-26-15/h1-6,11-12,14H,7-10,13H2,(H,21,24)(H,22,25). The zero-order chi connectivity index (χ0) is 17.9. The number of pyridine rings is 1. The Kier molecular flexibility index (Phi) is 4.86. The van der Waals surface area contributed by atoms with Gasteiger partial charge in [0.1, 0.15) is 0 Å². The van der Waals surface area contributed by atoms with Gasteiger partial charge in [0.05, 0.1) is 5.56 Å². The maximum atomic E-state index is 12.7. The fourth-order valence-electron chi connectivity index (χ4n) is 3.52. The Morgan fingerprint density at radius 3 is 2.65 bits per heavy atom. The molecule has 4 rings (SSSR count). The minimum absolute atomic E-state index is 0.117. The van der Waals surface area contributed by atoms with Gasteiger partial charge in [-0.05, 0) is 30.4 Å². The molecule has 0 spiro atoms. The Labute approximate surface area is 155 Å². The van der Waals surface area contributed by atoms with Crippen LogP contribution in [0.3, 0.4) is 0 Å². The number of nitrogens with one attached hydrogen (secondary N) is 2. The highest BCUT2D eigenvalue weighted by Gasteiger charge is 2.22.